The number of benzene rings is 2. The molecule has 3 heteroatoms. The van der Waals surface area contributed by atoms with Gasteiger partial charge in [-0.05, 0) is 42.7 Å². The van der Waals surface area contributed by atoms with E-state index in [1.54, 1.807) is 0 Å². The smallest absolute Gasteiger partial charge is 0.0446 e. The van der Waals surface area contributed by atoms with Gasteiger partial charge in [0.1, 0.15) is 0 Å². The summed E-state index contributed by atoms with van der Waals surface area (Å²) < 4.78 is 1.14. The van der Waals surface area contributed by atoms with E-state index in [9.17, 15) is 0 Å². The lowest BCUT2D eigenvalue weighted by molar-refractivity contribution is 0.941. The highest BCUT2D eigenvalue weighted by Crippen LogP contribution is 2.33. The monoisotopic (exact) mass is 386 g/mol. The number of halogens is 3. The third-order valence-corrected chi connectivity index (χ3v) is 4.61. The van der Waals surface area contributed by atoms with Crippen molar-refractivity contribution in [3.05, 3.63) is 68.7 Å². The maximum absolute atomic E-state index is 5.89. The van der Waals surface area contributed by atoms with Gasteiger partial charge in [-0.15, -0.1) is 0 Å². The van der Waals surface area contributed by atoms with E-state index < -0.39 is 0 Å². The molecule has 0 aliphatic carbocycles. The molecule has 0 nitrogen and oxygen atoms in total. The Balaban J connectivity index is 2.18. The molecule has 2 aromatic carbocycles. The molecule has 0 bridgehead atoms. The minimum Gasteiger partial charge on any atom is -0.0843 e. The Morgan fingerprint density at radius 3 is 2.44 bits per heavy atom. The molecule has 0 aliphatic heterocycles. The predicted octanol–water partition coefficient (Wildman–Crippen LogP) is 6.09. The molecule has 0 aliphatic rings. The predicted molar refractivity (Wildman–Crippen MR) is 85.7 cm³/mol. The summed E-state index contributed by atoms with van der Waals surface area (Å²) in [5.41, 5.74) is 3.83. The summed E-state index contributed by atoms with van der Waals surface area (Å²) in [6.07, 6.45) is 0.944. The van der Waals surface area contributed by atoms with Gasteiger partial charge in [0.2, 0.25) is 0 Å². The lowest BCUT2D eigenvalue weighted by atomic mass is 10.0. The van der Waals surface area contributed by atoms with E-state index in [4.69, 9.17) is 11.6 Å². The minimum atomic E-state index is 0.299. The molecular weight excluding hydrogens is 375 g/mol. The lowest BCUT2D eigenvalue weighted by Gasteiger charge is -2.13. The lowest BCUT2D eigenvalue weighted by Crippen LogP contribution is -1.97. The Labute approximate surface area is 130 Å². The standard InChI is InChI=1S/C15H13Br2Cl/c1-10-2-7-14(16)13(8-10)15(17)9-11-3-5-12(18)6-4-11/h2-8,15H,9H2,1H3. The van der Waals surface area contributed by atoms with Gasteiger partial charge in [-0.3, -0.25) is 0 Å². The number of hydrogen-bond acceptors (Lipinski definition) is 0. The molecule has 2 aromatic rings. The van der Waals surface area contributed by atoms with Crippen LogP contribution in [0.5, 0.6) is 0 Å². The number of rotatable bonds is 3. The van der Waals surface area contributed by atoms with Gasteiger partial charge in [-0.25, -0.2) is 0 Å². The van der Waals surface area contributed by atoms with E-state index in [0.717, 1.165) is 15.9 Å². The summed E-state index contributed by atoms with van der Waals surface area (Å²) >= 11 is 13.3. The Morgan fingerprint density at radius 1 is 1.11 bits per heavy atom. The molecular formula is C15H13Br2Cl. The second kappa shape index (κ2) is 6.23. The minimum absolute atomic E-state index is 0.299. The Bertz CT molecular complexity index is 535. The summed E-state index contributed by atoms with van der Waals surface area (Å²) in [6, 6.07) is 14.4. The van der Waals surface area contributed by atoms with Crippen LogP contribution < -0.4 is 0 Å². The summed E-state index contributed by atoms with van der Waals surface area (Å²) in [6.45, 7) is 2.11. The molecule has 0 heterocycles. The molecule has 0 amide bonds. The SMILES string of the molecule is Cc1ccc(Br)c(C(Br)Cc2ccc(Cl)cc2)c1. The molecule has 0 radical (unpaired) electrons. The number of alkyl halides is 1. The van der Waals surface area contributed by atoms with Crippen LogP contribution in [0.15, 0.2) is 46.9 Å². The fourth-order valence-corrected chi connectivity index (χ4v) is 3.55. The Morgan fingerprint density at radius 2 is 1.78 bits per heavy atom. The molecule has 1 unspecified atom stereocenters. The zero-order valence-electron chi connectivity index (χ0n) is 9.96. The van der Waals surface area contributed by atoms with Crippen LogP contribution in [0.4, 0.5) is 0 Å². The van der Waals surface area contributed by atoms with Crippen molar-refractivity contribution >= 4 is 43.5 Å². The van der Waals surface area contributed by atoms with Crippen molar-refractivity contribution in [2.24, 2.45) is 0 Å². The van der Waals surface area contributed by atoms with Crippen LogP contribution >= 0.6 is 43.5 Å². The van der Waals surface area contributed by atoms with E-state index in [1.807, 2.05) is 12.1 Å². The molecule has 0 saturated heterocycles. The Hall–Kier alpha value is -0.310. The van der Waals surface area contributed by atoms with Crippen LogP contribution in [0.2, 0.25) is 5.02 Å². The van der Waals surface area contributed by atoms with Gasteiger partial charge in [0.25, 0.3) is 0 Å². The van der Waals surface area contributed by atoms with Crippen LogP contribution in [0, 0.1) is 6.92 Å². The normalized spacial score (nSPS) is 12.4. The van der Waals surface area contributed by atoms with E-state index in [1.165, 1.54) is 16.7 Å². The van der Waals surface area contributed by atoms with Gasteiger partial charge in [0.05, 0.1) is 0 Å². The zero-order valence-corrected chi connectivity index (χ0v) is 13.9. The number of aryl methyl sites for hydroxylation is 1. The molecule has 0 aromatic heterocycles. The number of hydrogen-bond donors (Lipinski definition) is 0. The van der Waals surface area contributed by atoms with E-state index >= 15 is 0 Å². The highest BCUT2D eigenvalue weighted by Gasteiger charge is 2.12. The van der Waals surface area contributed by atoms with Crippen molar-refractivity contribution in [1.29, 1.82) is 0 Å². The van der Waals surface area contributed by atoms with Crippen molar-refractivity contribution in [3.8, 4) is 0 Å². The average Bonchev–Trinajstić information content (AvgIpc) is 2.35. The molecule has 0 fully saturated rings. The van der Waals surface area contributed by atoms with Crippen molar-refractivity contribution in [2.75, 3.05) is 0 Å². The molecule has 0 saturated carbocycles. The quantitative estimate of drug-likeness (QED) is 0.558. The molecule has 0 spiro atoms. The van der Waals surface area contributed by atoms with Gasteiger partial charge in [0, 0.05) is 14.3 Å². The Kier molecular flexibility index (Phi) is 4.88. The molecule has 2 rings (SSSR count). The fourth-order valence-electron chi connectivity index (χ4n) is 1.84. The second-order valence-corrected chi connectivity index (χ2v) is 6.72. The third kappa shape index (κ3) is 3.59. The first-order chi connectivity index (χ1) is 8.56. The van der Waals surface area contributed by atoms with Gasteiger partial charge in [-0.2, -0.15) is 0 Å². The first kappa shape index (κ1) is 14.1. The van der Waals surface area contributed by atoms with Crippen molar-refractivity contribution in [1.82, 2.24) is 0 Å². The van der Waals surface area contributed by atoms with E-state index in [-0.39, 0.29) is 0 Å². The van der Waals surface area contributed by atoms with Gasteiger partial charge < -0.3 is 0 Å². The highest BCUT2D eigenvalue weighted by atomic mass is 79.9. The van der Waals surface area contributed by atoms with E-state index in [0.29, 0.717) is 4.83 Å². The summed E-state index contributed by atoms with van der Waals surface area (Å²) in [5, 5.41) is 0.779. The maximum Gasteiger partial charge on any atom is 0.0446 e. The van der Waals surface area contributed by atoms with Gasteiger partial charge in [0.15, 0.2) is 0 Å². The van der Waals surface area contributed by atoms with Crippen molar-refractivity contribution in [2.45, 2.75) is 18.2 Å². The van der Waals surface area contributed by atoms with Crippen molar-refractivity contribution < 1.29 is 0 Å². The first-order valence-electron chi connectivity index (χ1n) is 5.71. The molecule has 18 heavy (non-hydrogen) atoms. The summed E-state index contributed by atoms with van der Waals surface area (Å²) in [4.78, 5) is 0.299. The van der Waals surface area contributed by atoms with Crippen LogP contribution in [0.1, 0.15) is 21.5 Å². The van der Waals surface area contributed by atoms with E-state index in [2.05, 4.69) is 69.1 Å². The average molecular weight is 389 g/mol. The van der Waals surface area contributed by atoms with Gasteiger partial charge in [-0.1, -0.05) is 73.3 Å². The largest absolute Gasteiger partial charge is 0.0843 e. The van der Waals surface area contributed by atoms with Crippen LogP contribution in [-0.2, 0) is 6.42 Å². The van der Waals surface area contributed by atoms with Gasteiger partial charge >= 0.3 is 0 Å². The molecule has 94 valence electrons. The third-order valence-electron chi connectivity index (χ3n) is 2.82. The van der Waals surface area contributed by atoms with Crippen LogP contribution in [-0.4, -0.2) is 0 Å². The highest BCUT2D eigenvalue weighted by molar-refractivity contribution is 9.11. The maximum atomic E-state index is 5.89. The second-order valence-electron chi connectivity index (χ2n) is 4.32. The topological polar surface area (TPSA) is 0 Å². The summed E-state index contributed by atoms with van der Waals surface area (Å²) in [5.74, 6) is 0. The molecule has 1 atom stereocenters. The fraction of sp³-hybridized carbons (Fsp3) is 0.200. The zero-order chi connectivity index (χ0) is 13.1. The van der Waals surface area contributed by atoms with Crippen molar-refractivity contribution in [3.63, 3.8) is 0 Å². The van der Waals surface area contributed by atoms with Crippen LogP contribution in [0.3, 0.4) is 0 Å². The van der Waals surface area contributed by atoms with Crippen LogP contribution in [0.25, 0.3) is 0 Å². The molecule has 0 N–H and O–H groups in total. The first-order valence-corrected chi connectivity index (χ1v) is 7.79. The summed E-state index contributed by atoms with van der Waals surface area (Å²) in [7, 11) is 0.